The van der Waals surface area contributed by atoms with Crippen molar-refractivity contribution in [3.05, 3.63) is 36.5 Å². The summed E-state index contributed by atoms with van der Waals surface area (Å²) in [4.78, 5) is 10.4. The fraction of sp³-hybridized carbons (Fsp3) is 0.588. The molecule has 20 heavy (non-hydrogen) atoms. The van der Waals surface area contributed by atoms with Gasteiger partial charge in [-0.15, -0.1) is 0 Å². The van der Waals surface area contributed by atoms with Crippen LogP contribution < -0.4 is 0 Å². The third-order valence-electron chi connectivity index (χ3n) is 2.93. The number of carboxylic acids is 1. The van der Waals surface area contributed by atoms with Gasteiger partial charge in [0.2, 0.25) is 0 Å². The van der Waals surface area contributed by atoms with Crippen LogP contribution in [0, 0.1) is 0 Å². The molecule has 0 amide bonds. The number of hydrogen-bond acceptors (Lipinski definition) is 2. The second-order valence-corrected chi connectivity index (χ2v) is 4.70. The van der Waals surface area contributed by atoms with Crippen LogP contribution in [0.15, 0.2) is 36.5 Å². The van der Waals surface area contributed by atoms with Crippen LogP contribution in [0.3, 0.4) is 0 Å². The smallest absolute Gasteiger partial charge is 0.303 e. The number of carbonyl (C=O) groups is 1. The lowest BCUT2D eigenvalue weighted by atomic mass is 10.1. The van der Waals surface area contributed by atoms with E-state index in [0.29, 0.717) is 0 Å². The van der Waals surface area contributed by atoms with Crippen molar-refractivity contribution >= 4 is 5.97 Å². The molecule has 0 aliphatic carbocycles. The van der Waals surface area contributed by atoms with Crippen molar-refractivity contribution in [1.82, 2.24) is 0 Å². The molecule has 114 valence electrons. The van der Waals surface area contributed by atoms with E-state index in [-0.39, 0.29) is 12.5 Å². The molecule has 1 unspecified atom stereocenters. The molecule has 0 aromatic heterocycles. The summed E-state index contributed by atoms with van der Waals surface area (Å²) in [5.74, 6) is -0.713. The van der Waals surface area contributed by atoms with Crippen molar-refractivity contribution in [3.63, 3.8) is 0 Å². The van der Waals surface area contributed by atoms with Gasteiger partial charge in [0.25, 0.3) is 0 Å². The van der Waals surface area contributed by atoms with Gasteiger partial charge in [-0.1, -0.05) is 56.2 Å². The first-order valence-electron chi connectivity index (χ1n) is 7.43. The predicted octanol–water partition coefficient (Wildman–Crippen LogP) is 4.51. The minimum Gasteiger partial charge on any atom is -0.481 e. The Morgan fingerprint density at radius 2 is 1.95 bits per heavy atom. The molecule has 0 radical (unpaired) electrons. The molecule has 0 rings (SSSR count). The molecule has 0 saturated carbocycles. The molecule has 0 spiro atoms. The average molecular weight is 280 g/mol. The van der Waals surface area contributed by atoms with Crippen LogP contribution >= 0.6 is 0 Å². The lowest BCUT2D eigenvalue weighted by Gasteiger charge is -2.09. The topological polar surface area (TPSA) is 46.5 Å². The van der Waals surface area contributed by atoms with E-state index in [2.05, 4.69) is 31.2 Å². The predicted molar refractivity (Wildman–Crippen MR) is 83.8 cm³/mol. The maximum absolute atomic E-state index is 10.4. The van der Waals surface area contributed by atoms with Crippen molar-refractivity contribution < 1.29 is 14.6 Å². The molecule has 0 saturated heterocycles. The maximum Gasteiger partial charge on any atom is 0.303 e. The van der Waals surface area contributed by atoms with Crippen molar-refractivity contribution in [2.75, 3.05) is 7.11 Å². The van der Waals surface area contributed by atoms with Gasteiger partial charge in [0.1, 0.15) is 0 Å². The monoisotopic (exact) mass is 280 g/mol. The summed E-state index contributed by atoms with van der Waals surface area (Å²) in [6.45, 7) is 2.12. The van der Waals surface area contributed by atoms with Gasteiger partial charge in [-0.25, -0.2) is 0 Å². The number of rotatable bonds is 12. The third-order valence-corrected chi connectivity index (χ3v) is 2.93. The number of ether oxygens (including phenoxy) is 1. The lowest BCUT2D eigenvalue weighted by molar-refractivity contribution is -0.137. The zero-order valence-electron chi connectivity index (χ0n) is 12.8. The van der Waals surface area contributed by atoms with Crippen LogP contribution in [0.1, 0.15) is 51.9 Å². The van der Waals surface area contributed by atoms with Crippen molar-refractivity contribution in [2.45, 2.75) is 58.0 Å². The van der Waals surface area contributed by atoms with Crippen LogP contribution in [-0.4, -0.2) is 24.3 Å². The highest BCUT2D eigenvalue weighted by atomic mass is 16.5. The van der Waals surface area contributed by atoms with E-state index in [9.17, 15) is 4.79 Å². The van der Waals surface area contributed by atoms with E-state index in [1.165, 1.54) is 0 Å². The summed E-state index contributed by atoms with van der Waals surface area (Å²) in [5, 5.41) is 8.54. The maximum atomic E-state index is 10.4. The van der Waals surface area contributed by atoms with Crippen LogP contribution in [-0.2, 0) is 9.53 Å². The molecule has 0 aromatic rings. The van der Waals surface area contributed by atoms with E-state index in [1.807, 2.05) is 12.2 Å². The highest BCUT2D eigenvalue weighted by molar-refractivity contribution is 5.66. The summed E-state index contributed by atoms with van der Waals surface area (Å²) in [7, 11) is 1.71. The zero-order valence-corrected chi connectivity index (χ0v) is 12.8. The minimum absolute atomic E-state index is 0.121. The highest BCUT2D eigenvalue weighted by Gasteiger charge is 2.02. The quantitative estimate of drug-likeness (QED) is 0.325. The number of carboxylic acid groups (broad SMARTS) is 1. The molecule has 0 aliphatic rings. The van der Waals surface area contributed by atoms with Gasteiger partial charge < -0.3 is 9.84 Å². The van der Waals surface area contributed by atoms with Gasteiger partial charge in [0.15, 0.2) is 0 Å². The minimum atomic E-state index is -0.713. The zero-order chi connectivity index (χ0) is 15.1. The number of aliphatic carboxylic acids is 1. The van der Waals surface area contributed by atoms with Crippen molar-refractivity contribution in [2.24, 2.45) is 0 Å². The number of unbranched alkanes of at least 4 members (excludes halogenated alkanes) is 2. The van der Waals surface area contributed by atoms with Gasteiger partial charge in [-0.3, -0.25) is 4.79 Å². The molecular formula is C17H28O3. The van der Waals surface area contributed by atoms with Gasteiger partial charge in [-0.2, -0.15) is 0 Å². The van der Waals surface area contributed by atoms with Crippen LogP contribution in [0.2, 0.25) is 0 Å². The number of hydrogen-bond donors (Lipinski definition) is 1. The Morgan fingerprint density at radius 3 is 2.60 bits per heavy atom. The van der Waals surface area contributed by atoms with E-state index >= 15 is 0 Å². The van der Waals surface area contributed by atoms with Crippen LogP contribution in [0.5, 0.6) is 0 Å². The van der Waals surface area contributed by atoms with E-state index in [4.69, 9.17) is 9.84 Å². The molecule has 3 heteroatoms. The molecule has 0 heterocycles. The average Bonchev–Trinajstić information content (AvgIpc) is 2.43. The largest absolute Gasteiger partial charge is 0.481 e. The van der Waals surface area contributed by atoms with Gasteiger partial charge >= 0.3 is 5.97 Å². The third kappa shape index (κ3) is 13.1. The summed E-state index contributed by atoms with van der Waals surface area (Å²) < 4.78 is 5.37. The summed E-state index contributed by atoms with van der Waals surface area (Å²) in [5.41, 5.74) is 0. The van der Waals surface area contributed by atoms with Gasteiger partial charge in [-0.05, 0) is 25.7 Å². The number of methoxy groups -OCH3 is 1. The Bertz CT molecular complexity index is 316. The van der Waals surface area contributed by atoms with E-state index < -0.39 is 5.97 Å². The fourth-order valence-electron chi connectivity index (χ4n) is 1.78. The molecule has 0 fully saturated rings. The molecule has 1 N–H and O–H groups in total. The Morgan fingerprint density at radius 1 is 1.15 bits per heavy atom. The lowest BCUT2D eigenvalue weighted by Crippen LogP contribution is -2.06. The Kier molecular flexibility index (Phi) is 13.1. The molecule has 1 atom stereocenters. The highest BCUT2D eigenvalue weighted by Crippen LogP contribution is 2.09. The first-order chi connectivity index (χ1) is 9.70. The molecule has 3 nitrogen and oxygen atoms in total. The van der Waals surface area contributed by atoms with Crippen LogP contribution in [0.25, 0.3) is 0 Å². The van der Waals surface area contributed by atoms with E-state index in [0.717, 1.165) is 38.5 Å². The first-order valence-corrected chi connectivity index (χ1v) is 7.43. The Balaban J connectivity index is 3.74. The van der Waals surface area contributed by atoms with Gasteiger partial charge in [0, 0.05) is 13.5 Å². The number of allylic oxidation sites excluding steroid dienone is 5. The molecular weight excluding hydrogens is 252 g/mol. The second-order valence-electron chi connectivity index (χ2n) is 4.70. The fourth-order valence-corrected chi connectivity index (χ4v) is 1.78. The first kappa shape index (κ1) is 18.7. The van der Waals surface area contributed by atoms with Crippen LogP contribution in [0.4, 0.5) is 0 Å². The van der Waals surface area contributed by atoms with Crippen molar-refractivity contribution in [3.8, 4) is 0 Å². The Hall–Kier alpha value is -1.35. The molecule has 0 bridgehead atoms. The summed E-state index contributed by atoms with van der Waals surface area (Å²) in [6.07, 6.45) is 18.6. The normalized spacial score (nSPS) is 13.7. The van der Waals surface area contributed by atoms with E-state index in [1.54, 1.807) is 7.11 Å². The molecule has 0 aliphatic heterocycles. The molecule has 0 aromatic carbocycles. The standard InChI is InChI=1S/C17H28O3/c1-3-4-5-6-7-8-10-13-16(20-2)14-11-9-12-15-17(18)19/h4-5,7-8,10,13,16H,3,6,9,11-12,14-15H2,1-2H3,(H,18,19). The van der Waals surface area contributed by atoms with Gasteiger partial charge in [0.05, 0.1) is 6.10 Å². The second kappa shape index (κ2) is 14.1. The summed E-state index contributed by atoms with van der Waals surface area (Å²) in [6, 6.07) is 0. The SMILES string of the molecule is CCC=CCC=CC=CC(CCCCCC(=O)O)OC. The summed E-state index contributed by atoms with van der Waals surface area (Å²) >= 11 is 0. The van der Waals surface area contributed by atoms with Crippen molar-refractivity contribution in [1.29, 1.82) is 0 Å². The Labute approximate surface area is 123 Å².